The van der Waals surface area contributed by atoms with Crippen molar-refractivity contribution in [3.63, 3.8) is 0 Å². The van der Waals surface area contributed by atoms with Crippen LogP contribution in [0.4, 0.5) is 0 Å². The van der Waals surface area contributed by atoms with Crippen molar-refractivity contribution in [2.24, 2.45) is 0 Å². The molecule has 0 saturated heterocycles. The highest BCUT2D eigenvalue weighted by molar-refractivity contribution is 6.36. The van der Waals surface area contributed by atoms with Gasteiger partial charge in [0, 0.05) is 30.9 Å². The van der Waals surface area contributed by atoms with Gasteiger partial charge in [-0.05, 0) is 20.8 Å². The van der Waals surface area contributed by atoms with E-state index in [9.17, 15) is 4.79 Å². The van der Waals surface area contributed by atoms with E-state index in [-0.39, 0.29) is 5.78 Å². The number of benzene rings is 2. The van der Waals surface area contributed by atoms with Gasteiger partial charge in [0.05, 0.1) is 0 Å². The zero-order chi connectivity index (χ0) is 17.6. The van der Waals surface area contributed by atoms with Gasteiger partial charge in [-0.25, -0.2) is 0 Å². The summed E-state index contributed by atoms with van der Waals surface area (Å²) in [4.78, 5) is 11.8. The maximum absolute atomic E-state index is 11.8. The van der Waals surface area contributed by atoms with E-state index in [1.54, 1.807) is 0 Å². The van der Waals surface area contributed by atoms with Crippen molar-refractivity contribution in [3.8, 4) is 0 Å². The van der Waals surface area contributed by atoms with Crippen LogP contribution in [0.25, 0.3) is 0 Å². The molecule has 2 aromatic carbocycles. The van der Waals surface area contributed by atoms with E-state index < -0.39 is 9.53 Å². The zero-order valence-electron chi connectivity index (χ0n) is 14.6. The molecule has 5 heteroatoms. The van der Waals surface area contributed by atoms with E-state index in [4.69, 9.17) is 13.3 Å². The molecule has 2 rings (SSSR count). The number of rotatable bonds is 8. The summed E-state index contributed by atoms with van der Waals surface area (Å²) >= 11 is 0. The van der Waals surface area contributed by atoms with Crippen molar-refractivity contribution >= 4 is 15.3 Å². The van der Waals surface area contributed by atoms with Crippen molar-refractivity contribution in [2.75, 3.05) is 19.8 Å². The minimum Gasteiger partial charge on any atom is -0.376 e. The number of ketones is 1. The van der Waals surface area contributed by atoms with Crippen molar-refractivity contribution in [1.82, 2.24) is 0 Å². The minimum atomic E-state index is -1.73. The van der Waals surface area contributed by atoms with Gasteiger partial charge in [-0.3, -0.25) is 4.79 Å². The Labute approximate surface area is 146 Å². The normalized spacial score (nSPS) is 10.2. The second kappa shape index (κ2) is 12.6. The van der Waals surface area contributed by atoms with Gasteiger partial charge in [0.25, 0.3) is 0 Å². The van der Waals surface area contributed by atoms with Crippen LogP contribution < -0.4 is 0 Å². The van der Waals surface area contributed by atoms with Gasteiger partial charge in [0.1, 0.15) is 0 Å². The van der Waals surface area contributed by atoms with Crippen molar-refractivity contribution in [2.45, 2.75) is 20.8 Å². The van der Waals surface area contributed by atoms with E-state index in [1.165, 1.54) is 0 Å². The average molecular weight is 346 g/mol. The highest BCUT2D eigenvalue weighted by Gasteiger charge is 2.11. The molecule has 0 heterocycles. The molecule has 0 unspecified atom stereocenters. The molecule has 2 aromatic rings. The summed E-state index contributed by atoms with van der Waals surface area (Å²) < 4.78 is 15.7. The molecule has 0 fully saturated rings. The van der Waals surface area contributed by atoms with E-state index in [2.05, 4.69) is 0 Å². The van der Waals surface area contributed by atoms with Crippen LogP contribution in [-0.2, 0) is 13.3 Å². The predicted octanol–water partition coefficient (Wildman–Crippen LogP) is 3.73. The summed E-state index contributed by atoms with van der Waals surface area (Å²) in [6.45, 7) is 7.86. The molecule has 0 bridgehead atoms. The third-order valence-corrected chi connectivity index (χ3v) is 4.80. The van der Waals surface area contributed by atoms with Gasteiger partial charge in [0.15, 0.2) is 5.78 Å². The summed E-state index contributed by atoms with van der Waals surface area (Å²) in [6, 6.07) is 18.6. The lowest BCUT2D eigenvalue weighted by atomic mass is 10.0. The standard InChI is InChI=1S/C13H10O.C6H16O3Si/c14-13(11-7-3-1-4-8-11)12-9-5-2-6-10-12;1-4-7-10(8-5-2)9-6-3/h1-10H;10H,4-6H2,1-3H3. The van der Waals surface area contributed by atoms with E-state index in [0.717, 1.165) is 11.1 Å². The van der Waals surface area contributed by atoms with Crippen molar-refractivity contribution < 1.29 is 18.1 Å². The van der Waals surface area contributed by atoms with Crippen LogP contribution in [0.15, 0.2) is 60.7 Å². The maximum Gasteiger partial charge on any atom is 0.484 e. The van der Waals surface area contributed by atoms with Crippen LogP contribution in [0.2, 0.25) is 0 Å². The molecule has 0 atom stereocenters. The summed E-state index contributed by atoms with van der Waals surface area (Å²) in [6.07, 6.45) is 0. The van der Waals surface area contributed by atoms with Gasteiger partial charge in [0.2, 0.25) is 0 Å². The Morgan fingerprint density at radius 1 is 0.708 bits per heavy atom. The third kappa shape index (κ3) is 7.65. The molecule has 0 aliphatic rings. The Bertz CT molecular complexity index is 504. The highest BCUT2D eigenvalue weighted by atomic mass is 28.3. The fourth-order valence-electron chi connectivity index (χ4n) is 1.90. The van der Waals surface area contributed by atoms with E-state index in [1.807, 2.05) is 81.4 Å². The molecule has 0 saturated carbocycles. The van der Waals surface area contributed by atoms with Crippen LogP contribution in [-0.4, -0.2) is 35.1 Å². The SMILES string of the molecule is CCO[SiH](OCC)OCC.O=C(c1ccccc1)c1ccccc1. The molecule has 0 aromatic heterocycles. The van der Waals surface area contributed by atoms with Gasteiger partial charge >= 0.3 is 9.53 Å². The van der Waals surface area contributed by atoms with Crippen molar-refractivity contribution in [3.05, 3.63) is 71.8 Å². The monoisotopic (exact) mass is 346 g/mol. The Morgan fingerprint density at radius 2 is 1.04 bits per heavy atom. The Morgan fingerprint density at radius 3 is 1.33 bits per heavy atom. The number of hydrogen-bond donors (Lipinski definition) is 0. The molecule has 0 radical (unpaired) electrons. The second-order valence-corrected chi connectivity index (χ2v) is 6.29. The van der Waals surface area contributed by atoms with Gasteiger partial charge < -0.3 is 13.3 Å². The number of hydrogen-bond acceptors (Lipinski definition) is 4. The third-order valence-electron chi connectivity index (χ3n) is 2.98. The quantitative estimate of drug-likeness (QED) is 0.540. The first-order valence-corrected chi connectivity index (χ1v) is 9.63. The average Bonchev–Trinajstić information content (AvgIpc) is 2.64. The first-order valence-electron chi connectivity index (χ1n) is 8.22. The van der Waals surface area contributed by atoms with Crippen LogP contribution >= 0.6 is 0 Å². The molecule has 4 nitrogen and oxygen atoms in total. The number of carbonyl (C=O) groups excluding carboxylic acids is 1. The fourth-order valence-corrected chi connectivity index (χ4v) is 3.00. The van der Waals surface area contributed by atoms with Gasteiger partial charge in [-0.1, -0.05) is 60.7 Å². The number of carbonyl (C=O) groups is 1. The zero-order valence-corrected chi connectivity index (χ0v) is 15.8. The van der Waals surface area contributed by atoms with Crippen LogP contribution in [0.5, 0.6) is 0 Å². The topological polar surface area (TPSA) is 44.8 Å². The molecule has 0 aliphatic carbocycles. The summed E-state index contributed by atoms with van der Waals surface area (Å²) in [5.41, 5.74) is 1.47. The molecule has 24 heavy (non-hydrogen) atoms. The van der Waals surface area contributed by atoms with Crippen LogP contribution in [0, 0.1) is 0 Å². The van der Waals surface area contributed by atoms with Crippen LogP contribution in [0.1, 0.15) is 36.7 Å². The smallest absolute Gasteiger partial charge is 0.376 e. The highest BCUT2D eigenvalue weighted by Crippen LogP contribution is 2.08. The first-order chi connectivity index (χ1) is 11.7. The molecule has 0 spiro atoms. The Balaban J connectivity index is 0.000000257. The summed E-state index contributed by atoms with van der Waals surface area (Å²) in [5, 5.41) is 0. The molecule has 130 valence electrons. The summed E-state index contributed by atoms with van der Waals surface area (Å²) in [5.74, 6) is 0.0752. The lowest BCUT2D eigenvalue weighted by Crippen LogP contribution is -2.27. The van der Waals surface area contributed by atoms with E-state index >= 15 is 0 Å². The van der Waals surface area contributed by atoms with Crippen LogP contribution in [0.3, 0.4) is 0 Å². The van der Waals surface area contributed by atoms with Gasteiger partial charge in [-0.2, -0.15) is 0 Å². The predicted molar refractivity (Wildman–Crippen MR) is 98.3 cm³/mol. The molecule has 0 aliphatic heterocycles. The lowest BCUT2D eigenvalue weighted by Gasteiger charge is -2.12. The largest absolute Gasteiger partial charge is 0.484 e. The Hall–Kier alpha value is -1.79. The molecule has 0 N–H and O–H groups in total. The molecular weight excluding hydrogens is 320 g/mol. The second-order valence-electron chi connectivity index (χ2n) is 4.72. The molecule has 0 amide bonds. The Kier molecular flexibility index (Phi) is 10.6. The molecular formula is C19H26O4Si. The van der Waals surface area contributed by atoms with E-state index in [0.29, 0.717) is 19.8 Å². The van der Waals surface area contributed by atoms with Gasteiger partial charge in [-0.15, -0.1) is 0 Å². The fraction of sp³-hybridized carbons (Fsp3) is 0.316. The lowest BCUT2D eigenvalue weighted by molar-refractivity contribution is 0.103. The summed E-state index contributed by atoms with van der Waals surface area (Å²) in [7, 11) is -1.73. The minimum absolute atomic E-state index is 0.0752. The van der Waals surface area contributed by atoms with Crippen molar-refractivity contribution in [1.29, 1.82) is 0 Å². The first kappa shape index (κ1) is 20.3. The maximum atomic E-state index is 11.8.